The lowest BCUT2D eigenvalue weighted by Crippen LogP contribution is -2.19. The third-order valence-corrected chi connectivity index (χ3v) is 2.77. The van der Waals surface area contributed by atoms with E-state index in [2.05, 4.69) is 20.9 Å². The van der Waals surface area contributed by atoms with E-state index in [1.54, 1.807) is 0 Å². The van der Waals surface area contributed by atoms with E-state index < -0.39 is 12.2 Å². The molecule has 0 aliphatic heterocycles. The van der Waals surface area contributed by atoms with Crippen molar-refractivity contribution in [3.63, 3.8) is 0 Å². The molecule has 4 N–H and O–H groups in total. The lowest BCUT2D eigenvalue weighted by atomic mass is 10.0. The summed E-state index contributed by atoms with van der Waals surface area (Å²) in [6.07, 6.45) is 0.0196. The number of pyridine rings is 1. The third kappa shape index (κ3) is 3.31. The third-order valence-electron chi connectivity index (χ3n) is 2.00. The SMILES string of the molecule is Nc1cc(C(O)C(O)CCBr)cnc1Cl. The molecule has 1 aromatic heterocycles. The molecule has 0 aliphatic carbocycles. The summed E-state index contributed by atoms with van der Waals surface area (Å²) in [6.45, 7) is 0. The smallest absolute Gasteiger partial charge is 0.151 e. The fourth-order valence-electron chi connectivity index (χ4n) is 1.14. The van der Waals surface area contributed by atoms with Crippen LogP contribution in [0.3, 0.4) is 0 Å². The summed E-state index contributed by atoms with van der Waals surface area (Å²) < 4.78 is 0. The quantitative estimate of drug-likeness (QED) is 0.581. The Morgan fingerprint density at radius 3 is 2.73 bits per heavy atom. The molecule has 6 heteroatoms. The molecule has 0 saturated heterocycles. The Bertz CT molecular complexity index is 338. The second-order valence-electron chi connectivity index (χ2n) is 3.14. The highest BCUT2D eigenvalue weighted by Crippen LogP contribution is 2.23. The van der Waals surface area contributed by atoms with Crippen LogP contribution in [0, 0.1) is 0 Å². The number of anilines is 1. The van der Waals surface area contributed by atoms with Crippen LogP contribution in [-0.4, -0.2) is 26.6 Å². The van der Waals surface area contributed by atoms with Gasteiger partial charge in [0.25, 0.3) is 0 Å². The van der Waals surface area contributed by atoms with Crippen LogP contribution in [0.2, 0.25) is 5.15 Å². The number of alkyl halides is 1. The van der Waals surface area contributed by atoms with Gasteiger partial charge in [-0.25, -0.2) is 4.98 Å². The van der Waals surface area contributed by atoms with Gasteiger partial charge in [0.1, 0.15) is 6.10 Å². The molecule has 2 unspecified atom stereocenters. The number of halogens is 2. The van der Waals surface area contributed by atoms with Gasteiger partial charge >= 0.3 is 0 Å². The van der Waals surface area contributed by atoms with E-state index >= 15 is 0 Å². The fraction of sp³-hybridized carbons (Fsp3) is 0.444. The maximum atomic E-state index is 9.73. The molecule has 1 aromatic rings. The monoisotopic (exact) mass is 294 g/mol. The fourth-order valence-corrected chi connectivity index (χ4v) is 1.71. The second-order valence-corrected chi connectivity index (χ2v) is 4.29. The van der Waals surface area contributed by atoms with Gasteiger partial charge < -0.3 is 15.9 Å². The maximum absolute atomic E-state index is 9.73. The van der Waals surface area contributed by atoms with Crippen LogP contribution < -0.4 is 5.73 Å². The van der Waals surface area contributed by atoms with Crippen LogP contribution in [0.5, 0.6) is 0 Å². The molecule has 0 aromatic carbocycles. The predicted octanol–water partition coefficient (Wildman–Crippen LogP) is 1.50. The topological polar surface area (TPSA) is 79.4 Å². The lowest BCUT2D eigenvalue weighted by Gasteiger charge is -2.17. The van der Waals surface area contributed by atoms with E-state index in [0.717, 1.165) is 0 Å². The Morgan fingerprint density at radius 1 is 1.53 bits per heavy atom. The number of hydrogen-bond acceptors (Lipinski definition) is 4. The molecule has 0 amide bonds. The van der Waals surface area contributed by atoms with Crippen LogP contribution in [0.25, 0.3) is 0 Å². The van der Waals surface area contributed by atoms with E-state index in [0.29, 0.717) is 23.0 Å². The highest BCUT2D eigenvalue weighted by molar-refractivity contribution is 9.09. The number of aliphatic hydroxyl groups excluding tert-OH is 2. The molecular weight excluding hydrogens is 283 g/mol. The summed E-state index contributed by atoms with van der Waals surface area (Å²) in [7, 11) is 0. The van der Waals surface area contributed by atoms with Crippen LogP contribution in [0.4, 0.5) is 5.69 Å². The minimum Gasteiger partial charge on any atom is -0.396 e. The van der Waals surface area contributed by atoms with E-state index in [4.69, 9.17) is 17.3 Å². The molecule has 0 aliphatic rings. The van der Waals surface area contributed by atoms with Gasteiger partial charge in [-0.05, 0) is 12.5 Å². The zero-order valence-corrected chi connectivity index (χ0v) is 10.2. The number of nitrogen functional groups attached to an aromatic ring is 1. The van der Waals surface area contributed by atoms with Crippen molar-refractivity contribution in [2.24, 2.45) is 0 Å². The second kappa shape index (κ2) is 5.65. The van der Waals surface area contributed by atoms with Crippen LogP contribution in [0.1, 0.15) is 18.1 Å². The average Bonchev–Trinajstić information content (AvgIpc) is 2.21. The van der Waals surface area contributed by atoms with Crippen molar-refractivity contribution >= 4 is 33.2 Å². The Hall–Kier alpha value is -0.360. The van der Waals surface area contributed by atoms with Gasteiger partial charge in [0, 0.05) is 17.1 Å². The molecule has 1 rings (SSSR count). The molecular formula is C9H12BrClN2O2. The molecule has 0 radical (unpaired) electrons. The van der Waals surface area contributed by atoms with Gasteiger partial charge in [-0.15, -0.1) is 0 Å². The van der Waals surface area contributed by atoms with Gasteiger partial charge in [0.05, 0.1) is 11.8 Å². The summed E-state index contributed by atoms with van der Waals surface area (Å²) in [6, 6.07) is 1.51. The van der Waals surface area contributed by atoms with Gasteiger partial charge in [0.15, 0.2) is 5.15 Å². The molecule has 0 fully saturated rings. The van der Waals surface area contributed by atoms with Gasteiger partial charge in [0.2, 0.25) is 0 Å². The molecule has 15 heavy (non-hydrogen) atoms. The molecule has 4 nitrogen and oxygen atoms in total. The highest BCUT2D eigenvalue weighted by atomic mass is 79.9. The number of aromatic nitrogens is 1. The first-order valence-corrected chi connectivity index (χ1v) is 5.89. The van der Waals surface area contributed by atoms with Gasteiger partial charge in [-0.3, -0.25) is 0 Å². The van der Waals surface area contributed by atoms with Crippen LogP contribution in [-0.2, 0) is 0 Å². The Kier molecular flexibility index (Phi) is 4.79. The minimum atomic E-state index is -0.991. The van der Waals surface area contributed by atoms with E-state index in [1.807, 2.05) is 0 Å². The summed E-state index contributed by atoms with van der Waals surface area (Å²) in [4.78, 5) is 3.80. The Morgan fingerprint density at radius 2 is 2.20 bits per heavy atom. The largest absolute Gasteiger partial charge is 0.396 e. The van der Waals surface area contributed by atoms with Crippen molar-refractivity contribution in [3.8, 4) is 0 Å². The standard InChI is InChI=1S/C9H12BrClN2O2/c10-2-1-7(14)8(15)5-3-6(12)9(11)13-4-5/h3-4,7-8,14-15H,1-2,12H2. The number of nitrogens with two attached hydrogens (primary N) is 1. The van der Waals surface area contributed by atoms with Crippen molar-refractivity contribution in [3.05, 3.63) is 23.0 Å². The number of nitrogens with zero attached hydrogens (tertiary/aromatic N) is 1. The summed E-state index contributed by atoms with van der Waals surface area (Å²) in [5.41, 5.74) is 6.29. The Balaban J connectivity index is 2.81. The van der Waals surface area contributed by atoms with Gasteiger partial charge in [-0.2, -0.15) is 0 Å². The maximum Gasteiger partial charge on any atom is 0.151 e. The number of aliphatic hydroxyl groups is 2. The van der Waals surface area contributed by atoms with Crippen molar-refractivity contribution in [2.75, 3.05) is 11.1 Å². The summed E-state index contributed by atoms with van der Waals surface area (Å²) >= 11 is 8.82. The predicted molar refractivity (Wildman–Crippen MR) is 63.0 cm³/mol. The van der Waals surface area contributed by atoms with Gasteiger partial charge in [-0.1, -0.05) is 27.5 Å². The highest BCUT2D eigenvalue weighted by Gasteiger charge is 2.18. The zero-order valence-electron chi connectivity index (χ0n) is 7.90. The van der Waals surface area contributed by atoms with Crippen molar-refractivity contribution in [1.82, 2.24) is 4.98 Å². The average molecular weight is 296 g/mol. The first-order chi connectivity index (χ1) is 7.06. The van der Waals surface area contributed by atoms with Crippen LogP contribution >= 0.6 is 27.5 Å². The lowest BCUT2D eigenvalue weighted by molar-refractivity contribution is 0.0172. The van der Waals surface area contributed by atoms with E-state index in [9.17, 15) is 10.2 Å². The van der Waals surface area contributed by atoms with E-state index in [1.165, 1.54) is 12.3 Å². The normalized spacial score (nSPS) is 14.9. The summed E-state index contributed by atoms with van der Waals surface area (Å²) in [5.74, 6) is 0. The molecule has 0 spiro atoms. The number of rotatable bonds is 4. The molecule has 2 atom stereocenters. The number of hydrogen-bond donors (Lipinski definition) is 3. The summed E-state index contributed by atoms with van der Waals surface area (Å²) in [5, 5.41) is 20.1. The van der Waals surface area contributed by atoms with E-state index in [-0.39, 0.29) is 5.15 Å². The first kappa shape index (κ1) is 12.7. The van der Waals surface area contributed by atoms with Crippen molar-refractivity contribution in [1.29, 1.82) is 0 Å². The molecule has 0 saturated carbocycles. The molecule has 1 heterocycles. The zero-order chi connectivity index (χ0) is 11.4. The minimum absolute atomic E-state index is 0.195. The first-order valence-electron chi connectivity index (χ1n) is 4.39. The van der Waals surface area contributed by atoms with Crippen LogP contribution in [0.15, 0.2) is 12.3 Å². The Labute approximate surface area is 101 Å². The van der Waals surface area contributed by atoms with Crippen molar-refractivity contribution < 1.29 is 10.2 Å². The van der Waals surface area contributed by atoms with Crippen molar-refractivity contribution in [2.45, 2.75) is 18.6 Å². The molecule has 84 valence electrons. The molecule has 0 bridgehead atoms.